The van der Waals surface area contributed by atoms with Crippen LogP contribution in [0.3, 0.4) is 0 Å². The maximum absolute atomic E-state index is 12.9. The molecule has 2 aliphatic carbocycles. The molecule has 8 nitrogen and oxygen atoms in total. The van der Waals surface area contributed by atoms with E-state index >= 15 is 0 Å². The van der Waals surface area contributed by atoms with Gasteiger partial charge >= 0.3 is 0 Å². The molecule has 0 spiro atoms. The van der Waals surface area contributed by atoms with Crippen molar-refractivity contribution in [2.24, 2.45) is 0 Å². The summed E-state index contributed by atoms with van der Waals surface area (Å²) in [6.07, 6.45) is 6.44. The summed E-state index contributed by atoms with van der Waals surface area (Å²) >= 11 is 0. The van der Waals surface area contributed by atoms with Crippen molar-refractivity contribution in [3.8, 4) is 0 Å². The van der Waals surface area contributed by atoms with Gasteiger partial charge in [0, 0.05) is 58.2 Å². The third kappa shape index (κ3) is 3.00. The van der Waals surface area contributed by atoms with E-state index in [9.17, 15) is 9.59 Å². The van der Waals surface area contributed by atoms with Crippen LogP contribution in [0, 0.1) is 0 Å². The van der Waals surface area contributed by atoms with E-state index in [1.54, 1.807) is 0 Å². The zero-order chi connectivity index (χ0) is 20.2. The third-order valence-corrected chi connectivity index (χ3v) is 7.47. The van der Waals surface area contributed by atoms with E-state index in [0.29, 0.717) is 26.2 Å². The number of rotatable bonds is 3. The molecule has 1 aromatic heterocycles. The van der Waals surface area contributed by atoms with E-state index < -0.39 is 0 Å². The van der Waals surface area contributed by atoms with Gasteiger partial charge in [0.1, 0.15) is 24.0 Å². The first-order chi connectivity index (χ1) is 14.7. The number of carbonyl (C=O) groups excluding carboxylic acids is 1. The standard InChI is InChI=1S/C22H29N5O3/c28-19(26-9-7-25(8-10-26)16-3-1-4-16)13-24-12-15-11-17-20(21(15)30-14-24)23-18-5-2-6-27(18)22(17)29/h16H,1-14H2. The average Bonchev–Trinajstić information content (AvgIpc) is 3.32. The number of aromatic nitrogens is 2. The largest absolute Gasteiger partial charge is 0.476 e. The first-order valence-corrected chi connectivity index (χ1v) is 11.4. The molecule has 1 amide bonds. The van der Waals surface area contributed by atoms with Crippen molar-refractivity contribution < 1.29 is 9.53 Å². The van der Waals surface area contributed by atoms with Crippen LogP contribution in [0.5, 0.6) is 0 Å². The van der Waals surface area contributed by atoms with Gasteiger partial charge in [0.2, 0.25) is 5.91 Å². The highest BCUT2D eigenvalue weighted by Crippen LogP contribution is 2.34. The molecule has 1 saturated heterocycles. The molecule has 2 fully saturated rings. The number of ether oxygens (including phenoxy) is 1. The Kier molecular flexibility index (Phi) is 4.46. The Hall–Kier alpha value is -2.19. The molecule has 3 aliphatic heterocycles. The van der Waals surface area contributed by atoms with Crippen LogP contribution in [0.4, 0.5) is 0 Å². The molecular formula is C22H29N5O3. The van der Waals surface area contributed by atoms with Gasteiger partial charge in [0.05, 0.1) is 12.1 Å². The predicted molar refractivity (Wildman–Crippen MR) is 111 cm³/mol. The Morgan fingerprint density at radius 1 is 1.10 bits per heavy atom. The molecule has 0 atom stereocenters. The Morgan fingerprint density at radius 2 is 1.93 bits per heavy atom. The van der Waals surface area contributed by atoms with Crippen molar-refractivity contribution in [2.75, 3.05) is 46.0 Å². The number of fused-ring (bicyclic) bond motifs is 3. The van der Waals surface area contributed by atoms with E-state index in [0.717, 1.165) is 80.0 Å². The lowest BCUT2D eigenvalue weighted by Gasteiger charge is -2.43. The summed E-state index contributed by atoms with van der Waals surface area (Å²) in [6, 6.07) is 0.756. The summed E-state index contributed by atoms with van der Waals surface area (Å²) in [6.45, 7) is 5.86. The zero-order valence-corrected chi connectivity index (χ0v) is 17.4. The lowest BCUT2D eigenvalue weighted by atomic mass is 9.91. The van der Waals surface area contributed by atoms with Crippen molar-refractivity contribution in [2.45, 2.75) is 51.1 Å². The summed E-state index contributed by atoms with van der Waals surface area (Å²) in [7, 11) is 0. The van der Waals surface area contributed by atoms with Crippen molar-refractivity contribution in [3.05, 3.63) is 33.0 Å². The highest BCUT2D eigenvalue weighted by molar-refractivity contribution is 5.79. The fraction of sp³-hybridized carbons (Fsp3) is 0.682. The molecular weight excluding hydrogens is 382 g/mol. The number of hydrogen-bond acceptors (Lipinski definition) is 6. The van der Waals surface area contributed by atoms with Crippen LogP contribution in [-0.2, 0) is 28.9 Å². The highest BCUT2D eigenvalue weighted by Gasteiger charge is 2.35. The van der Waals surface area contributed by atoms with Crippen molar-refractivity contribution in [1.82, 2.24) is 24.3 Å². The number of nitrogens with zero attached hydrogens (tertiary/aromatic N) is 5. The second-order valence-corrected chi connectivity index (χ2v) is 9.29. The maximum atomic E-state index is 12.9. The molecule has 0 unspecified atom stereocenters. The zero-order valence-electron chi connectivity index (χ0n) is 17.4. The third-order valence-electron chi connectivity index (χ3n) is 7.47. The number of hydrogen-bond donors (Lipinski definition) is 0. The lowest BCUT2D eigenvalue weighted by Crippen LogP contribution is -2.55. The summed E-state index contributed by atoms with van der Waals surface area (Å²) < 4.78 is 7.85. The summed E-state index contributed by atoms with van der Waals surface area (Å²) in [5, 5.41) is 0. The molecule has 30 heavy (non-hydrogen) atoms. The Balaban J connectivity index is 1.09. The first kappa shape index (κ1) is 18.6. The number of aryl methyl sites for hydroxylation is 1. The van der Waals surface area contributed by atoms with Crippen LogP contribution in [0.15, 0.2) is 10.4 Å². The lowest BCUT2D eigenvalue weighted by molar-refractivity contribution is -0.135. The molecule has 8 heteroatoms. The molecule has 0 aromatic carbocycles. The molecule has 1 aromatic rings. The maximum Gasteiger partial charge on any atom is 0.257 e. The van der Waals surface area contributed by atoms with E-state index in [-0.39, 0.29) is 11.5 Å². The van der Waals surface area contributed by atoms with Gasteiger partial charge in [-0.2, -0.15) is 0 Å². The van der Waals surface area contributed by atoms with Gasteiger partial charge in [-0.25, -0.2) is 4.98 Å². The quantitative estimate of drug-likeness (QED) is 0.719. The number of piperazine rings is 1. The van der Waals surface area contributed by atoms with E-state index in [1.165, 1.54) is 19.3 Å². The molecule has 160 valence electrons. The normalized spacial score (nSPS) is 24.3. The molecule has 0 radical (unpaired) electrons. The first-order valence-electron chi connectivity index (χ1n) is 11.4. The van der Waals surface area contributed by atoms with Gasteiger partial charge in [0.15, 0.2) is 0 Å². The van der Waals surface area contributed by atoms with E-state index in [2.05, 4.69) is 9.80 Å². The van der Waals surface area contributed by atoms with E-state index in [1.807, 2.05) is 9.47 Å². The van der Waals surface area contributed by atoms with Crippen LogP contribution in [-0.4, -0.2) is 82.2 Å². The summed E-state index contributed by atoms with van der Waals surface area (Å²) in [5.41, 5.74) is 2.71. The van der Waals surface area contributed by atoms with Gasteiger partial charge < -0.3 is 9.64 Å². The van der Waals surface area contributed by atoms with Crippen molar-refractivity contribution in [3.63, 3.8) is 0 Å². The average molecular weight is 412 g/mol. The minimum absolute atomic E-state index is 0.0949. The van der Waals surface area contributed by atoms with Crippen LogP contribution in [0.1, 0.15) is 42.8 Å². The van der Waals surface area contributed by atoms with Crippen LogP contribution in [0.25, 0.3) is 5.76 Å². The predicted octanol–water partition coefficient (Wildman–Crippen LogP) is 0.443. The van der Waals surface area contributed by atoms with Crippen molar-refractivity contribution in [1.29, 1.82) is 0 Å². The fourth-order valence-corrected chi connectivity index (χ4v) is 5.51. The van der Waals surface area contributed by atoms with Gasteiger partial charge in [-0.1, -0.05) is 6.42 Å². The smallest absolute Gasteiger partial charge is 0.257 e. The Bertz CT molecular complexity index is 972. The van der Waals surface area contributed by atoms with Gasteiger partial charge in [-0.15, -0.1) is 0 Å². The monoisotopic (exact) mass is 411 g/mol. The van der Waals surface area contributed by atoms with Crippen LogP contribution in [0.2, 0.25) is 0 Å². The summed E-state index contributed by atoms with van der Waals surface area (Å²) in [4.78, 5) is 37.0. The minimum atomic E-state index is 0.0949. The number of amides is 1. The molecule has 4 heterocycles. The molecule has 1 saturated carbocycles. The van der Waals surface area contributed by atoms with Gasteiger partial charge in [-0.3, -0.25) is 24.0 Å². The van der Waals surface area contributed by atoms with Crippen LogP contribution < -0.4 is 5.56 Å². The highest BCUT2D eigenvalue weighted by atomic mass is 16.5. The van der Waals surface area contributed by atoms with Gasteiger partial charge in [-0.05, 0) is 24.8 Å². The van der Waals surface area contributed by atoms with E-state index in [4.69, 9.17) is 9.72 Å². The SMILES string of the molecule is O=C(CN1COC2=C(Cc3c2nc2n(c3=O)CCC2)C1)N1CCN(C2CCC2)CC1. The topological polar surface area (TPSA) is 70.9 Å². The van der Waals surface area contributed by atoms with Gasteiger partial charge in [0.25, 0.3) is 5.56 Å². The molecule has 0 N–H and O–H groups in total. The Morgan fingerprint density at radius 3 is 2.70 bits per heavy atom. The molecule has 0 bridgehead atoms. The fourth-order valence-electron chi connectivity index (χ4n) is 5.51. The minimum Gasteiger partial charge on any atom is -0.476 e. The summed E-state index contributed by atoms with van der Waals surface area (Å²) in [5.74, 6) is 1.86. The second kappa shape index (κ2) is 7.20. The van der Waals surface area contributed by atoms with Crippen LogP contribution >= 0.6 is 0 Å². The van der Waals surface area contributed by atoms with Crippen molar-refractivity contribution >= 4 is 11.7 Å². The number of carbonyl (C=O) groups is 1. The second-order valence-electron chi connectivity index (χ2n) is 9.29. The Labute approximate surface area is 176 Å². The molecule has 6 rings (SSSR count). The molecule has 5 aliphatic rings.